The topological polar surface area (TPSA) is 57.9 Å². The second-order valence-electron chi connectivity index (χ2n) is 7.67. The summed E-state index contributed by atoms with van der Waals surface area (Å²) in [7, 11) is 3.56. The number of methoxy groups -OCH3 is 1. The minimum atomic E-state index is 0. The molecular formula is C22H34ClIN6O. The van der Waals surface area contributed by atoms with Crippen molar-refractivity contribution in [3.63, 3.8) is 0 Å². The highest BCUT2D eigenvalue weighted by molar-refractivity contribution is 14.0. The van der Waals surface area contributed by atoms with E-state index in [1.165, 1.54) is 22.5 Å². The number of hydrogen-bond acceptors (Lipinski definition) is 4. The normalized spacial score (nSPS) is 14.6. The molecule has 1 aromatic carbocycles. The molecule has 0 aliphatic carbocycles. The van der Waals surface area contributed by atoms with E-state index in [0.29, 0.717) is 13.2 Å². The maximum absolute atomic E-state index is 6.21. The molecule has 7 nitrogen and oxygen atoms in total. The van der Waals surface area contributed by atoms with E-state index in [4.69, 9.17) is 16.3 Å². The largest absolute Gasteiger partial charge is 0.383 e. The van der Waals surface area contributed by atoms with E-state index < -0.39 is 0 Å². The van der Waals surface area contributed by atoms with Crippen LogP contribution >= 0.6 is 35.6 Å². The first-order chi connectivity index (χ1) is 14.4. The van der Waals surface area contributed by atoms with Gasteiger partial charge in [-0.3, -0.25) is 9.67 Å². The Labute approximate surface area is 207 Å². The smallest absolute Gasteiger partial charge is 0.194 e. The van der Waals surface area contributed by atoms with Gasteiger partial charge >= 0.3 is 0 Å². The van der Waals surface area contributed by atoms with Crippen molar-refractivity contribution in [2.75, 3.05) is 51.8 Å². The lowest BCUT2D eigenvalue weighted by molar-refractivity contribution is 0.182. The zero-order valence-electron chi connectivity index (χ0n) is 19.1. The van der Waals surface area contributed by atoms with E-state index >= 15 is 0 Å². The minimum absolute atomic E-state index is 0. The average Bonchev–Trinajstić information content (AvgIpc) is 3.02. The van der Waals surface area contributed by atoms with Gasteiger partial charge in [-0.25, -0.2) is 0 Å². The maximum Gasteiger partial charge on any atom is 0.194 e. The molecule has 0 radical (unpaired) electrons. The molecule has 3 rings (SSSR count). The van der Waals surface area contributed by atoms with Crippen LogP contribution in [0.2, 0.25) is 5.02 Å². The molecule has 1 aliphatic heterocycles. The summed E-state index contributed by atoms with van der Waals surface area (Å²) < 4.78 is 7.20. The number of hydrogen-bond donors (Lipinski definition) is 1. The molecule has 0 bridgehead atoms. The van der Waals surface area contributed by atoms with Gasteiger partial charge in [-0.05, 0) is 38.5 Å². The molecule has 0 amide bonds. The third-order valence-corrected chi connectivity index (χ3v) is 6.00. The Kier molecular flexibility index (Phi) is 9.90. The second kappa shape index (κ2) is 11.9. The van der Waals surface area contributed by atoms with Crippen LogP contribution in [0.15, 0.2) is 23.2 Å². The monoisotopic (exact) mass is 560 g/mol. The van der Waals surface area contributed by atoms with E-state index in [9.17, 15) is 0 Å². The number of aliphatic imine (C=N–C) groups is 1. The molecule has 0 unspecified atom stereocenters. The van der Waals surface area contributed by atoms with Gasteiger partial charge in [0, 0.05) is 68.8 Å². The van der Waals surface area contributed by atoms with Crippen LogP contribution in [0, 0.1) is 20.8 Å². The van der Waals surface area contributed by atoms with Gasteiger partial charge in [0.05, 0.1) is 18.8 Å². The van der Waals surface area contributed by atoms with Crippen LogP contribution in [0.4, 0.5) is 5.69 Å². The summed E-state index contributed by atoms with van der Waals surface area (Å²) in [5.74, 6) is 0.931. The summed E-state index contributed by atoms with van der Waals surface area (Å²) in [6, 6.07) is 6.10. The fourth-order valence-corrected chi connectivity index (χ4v) is 4.13. The number of guanidine groups is 1. The zero-order valence-corrected chi connectivity index (χ0v) is 22.2. The molecule has 1 saturated heterocycles. The van der Waals surface area contributed by atoms with Crippen LogP contribution in [0.5, 0.6) is 0 Å². The van der Waals surface area contributed by atoms with Gasteiger partial charge < -0.3 is 19.9 Å². The molecule has 0 saturated carbocycles. The SMILES string of the molecule is CN=C(NCc1c(C)nn(CCOC)c1C)N1CCN(c2cc(Cl)ccc2C)CC1.I. The Morgan fingerprint density at radius 1 is 1.19 bits per heavy atom. The van der Waals surface area contributed by atoms with Crippen molar-refractivity contribution in [1.82, 2.24) is 20.0 Å². The number of anilines is 1. The fraction of sp³-hybridized carbons (Fsp3) is 0.545. The molecule has 0 spiro atoms. The fourth-order valence-electron chi connectivity index (χ4n) is 3.97. The Morgan fingerprint density at radius 2 is 1.90 bits per heavy atom. The van der Waals surface area contributed by atoms with Crippen molar-refractivity contribution in [3.8, 4) is 0 Å². The number of halogens is 2. The Bertz CT molecular complexity index is 892. The molecule has 1 N–H and O–H groups in total. The van der Waals surface area contributed by atoms with Gasteiger partial charge in [-0.1, -0.05) is 17.7 Å². The van der Waals surface area contributed by atoms with E-state index in [1.807, 2.05) is 17.8 Å². The van der Waals surface area contributed by atoms with E-state index in [-0.39, 0.29) is 24.0 Å². The number of piperazine rings is 1. The third-order valence-electron chi connectivity index (χ3n) is 5.76. The van der Waals surface area contributed by atoms with Crippen molar-refractivity contribution in [1.29, 1.82) is 0 Å². The first-order valence-electron chi connectivity index (χ1n) is 10.4. The van der Waals surface area contributed by atoms with Gasteiger partial charge in [0.25, 0.3) is 0 Å². The molecule has 0 atom stereocenters. The number of ether oxygens (including phenoxy) is 1. The second-order valence-corrected chi connectivity index (χ2v) is 8.11. The van der Waals surface area contributed by atoms with Gasteiger partial charge in [-0.2, -0.15) is 5.10 Å². The summed E-state index contributed by atoms with van der Waals surface area (Å²) in [4.78, 5) is 9.23. The molecule has 31 heavy (non-hydrogen) atoms. The quantitative estimate of drug-likeness (QED) is 0.332. The minimum Gasteiger partial charge on any atom is -0.383 e. The summed E-state index contributed by atoms with van der Waals surface area (Å²) in [6.07, 6.45) is 0. The van der Waals surface area contributed by atoms with Crippen LogP contribution < -0.4 is 10.2 Å². The Hall–Kier alpha value is -1.52. The number of nitrogens with one attached hydrogen (secondary N) is 1. The van der Waals surface area contributed by atoms with Gasteiger partial charge in [0.2, 0.25) is 0 Å². The molecule has 2 aromatic rings. The Morgan fingerprint density at radius 3 is 2.55 bits per heavy atom. The number of nitrogens with zero attached hydrogens (tertiary/aromatic N) is 5. The highest BCUT2D eigenvalue weighted by atomic mass is 127. The van der Waals surface area contributed by atoms with Gasteiger partial charge in [0.1, 0.15) is 0 Å². The van der Waals surface area contributed by atoms with E-state index in [0.717, 1.165) is 49.4 Å². The number of aryl methyl sites for hydroxylation is 2. The van der Waals surface area contributed by atoms with Crippen LogP contribution in [0.1, 0.15) is 22.5 Å². The average molecular weight is 561 g/mol. The highest BCUT2D eigenvalue weighted by Gasteiger charge is 2.21. The number of rotatable bonds is 6. The van der Waals surface area contributed by atoms with Crippen LogP contribution in [0.25, 0.3) is 0 Å². The lowest BCUT2D eigenvalue weighted by Crippen LogP contribution is -2.52. The molecule has 9 heteroatoms. The van der Waals surface area contributed by atoms with Crippen molar-refractivity contribution >= 4 is 47.2 Å². The van der Waals surface area contributed by atoms with Crippen LogP contribution in [-0.4, -0.2) is 67.6 Å². The molecule has 1 aliphatic rings. The predicted octanol–water partition coefficient (Wildman–Crippen LogP) is 3.62. The van der Waals surface area contributed by atoms with Crippen molar-refractivity contribution in [2.45, 2.75) is 33.9 Å². The van der Waals surface area contributed by atoms with Gasteiger partial charge in [-0.15, -0.1) is 24.0 Å². The number of benzene rings is 1. The lowest BCUT2D eigenvalue weighted by Gasteiger charge is -2.38. The number of aromatic nitrogens is 2. The molecule has 2 heterocycles. The molecular weight excluding hydrogens is 527 g/mol. The maximum atomic E-state index is 6.21. The zero-order chi connectivity index (χ0) is 21.7. The van der Waals surface area contributed by atoms with Crippen molar-refractivity contribution < 1.29 is 4.74 Å². The lowest BCUT2D eigenvalue weighted by atomic mass is 10.1. The summed E-state index contributed by atoms with van der Waals surface area (Å²) >= 11 is 6.21. The molecule has 1 aromatic heterocycles. The highest BCUT2D eigenvalue weighted by Crippen LogP contribution is 2.25. The van der Waals surface area contributed by atoms with Gasteiger partial charge in [0.15, 0.2) is 5.96 Å². The van der Waals surface area contributed by atoms with Crippen LogP contribution in [0.3, 0.4) is 0 Å². The summed E-state index contributed by atoms with van der Waals surface area (Å²) in [5.41, 5.74) is 5.92. The Balaban J connectivity index is 0.00000341. The standard InChI is InChI=1S/C22H33ClN6O.HI/c1-16-6-7-19(23)14-21(16)27-8-10-28(11-9-27)22(24-4)25-15-20-17(2)26-29(18(20)3)12-13-30-5;/h6-7,14H,8-13,15H2,1-5H3,(H,24,25);1H. The van der Waals surface area contributed by atoms with Crippen molar-refractivity contribution in [3.05, 3.63) is 45.7 Å². The molecule has 1 fully saturated rings. The summed E-state index contributed by atoms with van der Waals surface area (Å²) in [6.45, 7) is 12.2. The third kappa shape index (κ3) is 6.26. The summed E-state index contributed by atoms with van der Waals surface area (Å²) in [5, 5.41) is 8.97. The van der Waals surface area contributed by atoms with E-state index in [2.05, 4.69) is 58.1 Å². The van der Waals surface area contributed by atoms with E-state index in [1.54, 1.807) is 7.11 Å². The predicted molar refractivity (Wildman–Crippen MR) is 139 cm³/mol. The first-order valence-corrected chi connectivity index (χ1v) is 10.8. The van der Waals surface area contributed by atoms with Crippen LogP contribution in [-0.2, 0) is 17.8 Å². The molecule has 172 valence electrons. The first kappa shape index (κ1) is 25.7. The van der Waals surface area contributed by atoms with Crippen molar-refractivity contribution in [2.24, 2.45) is 4.99 Å².